The van der Waals surface area contributed by atoms with Gasteiger partial charge < -0.3 is 0 Å². The van der Waals surface area contributed by atoms with Gasteiger partial charge in [-0.3, -0.25) is 4.79 Å². The van der Waals surface area contributed by atoms with Crippen LogP contribution in [0.25, 0.3) is 0 Å². The molecule has 21 heavy (non-hydrogen) atoms. The standard InChI is InChI=1S/C17H17BrN2O/c1-12-3-5-14(6-4-12)11-17(21)20-19-13(2)15-7-9-16(18)10-8-15/h3-10H,11H2,1-2H3,(H,20,21). The van der Waals surface area contributed by atoms with E-state index in [4.69, 9.17) is 0 Å². The van der Waals surface area contributed by atoms with Gasteiger partial charge in [-0.05, 0) is 37.1 Å². The molecule has 0 saturated heterocycles. The summed E-state index contributed by atoms with van der Waals surface area (Å²) in [7, 11) is 0. The van der Waals surface area contributed by atoms with Gasteiger partial charge in [0.05, 0.1) is 12.1 Å². The van der Waals surface area contributed by atoms with Crippen molar-refractivity contribution in [1.82, 2.24) is 5.43 Å². The zero-order valence-electron chi connectivity index (χ0n) is 12.1. The van der Waals surface area contributed by atoms with Crippen molar-refractivity contribution in [3.63, 3.8) is 0 Å². The first-order chi connectivity index (χ1) is 10.0. The summed E-state index contributed by atoms with van der Waals surface area (Å²) >= 11 is 3.39. The van der Waals surface area contributed by atoms with Gasteiger partial charge in [0, 0.05) is 4.47 Å². The minimum absolute atomic E-state index is 0.115. The van der Waals surface area contributed by atoms with Crippen LogP contribution in [0.2, 0.25) is 0 Å². The molecule has 2 aromatic rings. The molecular weight excluding hydrogens is 328 g/mol. The van der Waals surface area contributed by atoms with E-state index in [0.717, 1.165) is 21.3 Å². The molecule has 0 aliphatic rings. The second kappa shape index (κ2) is 7.18. The second-order valence-electron chi connectivity index (χ2n) is 4.90. The minimum Gasteiger partial charge on any atom is -0.273 e. The SMILES string of the molecule is CC(=NNC(=O)Cc1ccc(C)cc1)c1ccc(Br)cc1. The molecule has 1 N–H and O–H groups in total. The average molecular weight is 345 g/mol. The zero-order valence-corrected chi connectivity index (χ0v) is 13.6. The summed E-state index contributed by atoms with van der Waals surface area (Å²) in [5.41, 5.74) is 6.52. The monoisotopic (exact) mass is 344 g/mol. The number of rotatable bonds is 4. The highest BCUT2D eigenvalue weighted by Gasteiger charge is 2.03. The fourth-order valence-corrected chi connectivity index (χ4v) is 2.10. The van der Waals surface area contributed by atoms with E-state index >= 15 is 0 Å². The van der Waals surface area contributed by atoms with Crippen molar-refractivity contribution in [2.75, 3.05) is 0 Å². The average Bonchev–Trinajstić information content (AvgIpc) is 2.48. The number of hydrogen-bond donors (Lipinski definition) is 1. The maximum Gasteiger partial charge on any atom is 0.244 e. The molecule has 2 rings (SSSR count). The van der Waals surface area contributed by atoms with Crippen LogP contribution in [0.4, 0.5) is 0 Å². The van der Waals surface area contributed by atoms with Gasteiger partial charge in [-0.1, -0.05) is 57.9 Å². The highest BCUT2D eigenvalue weighted by Crippen LogP contribution is 2.11. The summed E-state index contributed by atoms with van der Waals surface area (Å²) in [4.78, 5) is 11.9. The summed E-state index contributed by atoms with van der Waals surface area (Å²) in [5.74, 6) is -0.115. The second-order valence-corrected chi connectivity index (χ2v) is 5.82. The Morgan fingerprint density at radius 3 is 2.33 bits per heavy atom. The van der Waals surface area contributed by atoms with Crippen LogP contribution in [0, 0.1) is 6.92 Å². The summed E-state index contributed by atoms with van der Waals surface area (Å²) in [5, 5.41) is 4.14. The molecule has 2 aromatic carbocycles. The van der Waals surface area contributed by atoms with Gasteiger partial charge in [-0.15, -0.1) is 0 Å². The fraction of sp³-hybridized carbons (Fsp3) is 0.176. The van der Waals surface area contributed by atoms with Crippen molar-refractivity contribution in [2.45, 2.75) is 20.3 Å². The zero-order chi connectivity index (χ0) is 15.2. The molecule has 4 heteroatoms. The predicted octanol–water partition coefficient (Wildman–Crippen LogP) is 3.84. The Hall–Kier alpha value is -1.94. The number of carbonyl (C=O) groups excluding carboxylic acids is 1. The molecule has 0 spiro atoms. The van der Waals surface area contributed by atoms with Crippen LogP contribution in [0.3, 0.4) is 0 Å². The van der Waals surface area contributed by atoms with Crippen LogP contribution in [-0.2, 0) is 11.2 Å². The highest BCUT2D eigenvalue weighted by molar-refractivity contribution is 9.10. The summed E-state index contributed by atoms with van der Waals surface area (Å²) in [6.07, 6.45) is 0.331. The van der Waals surface area contributed by atoms with Crippen molar-refractivity contribution < 1.29 is 4.79 Å². The van der Waals surface area contributed by atoms with Crippen LogP contribution in [-0.4, -0.2) is 11.6 Å². The Bertz CT molecular complexity index is 645. The van der Waals surface area contributed by atoms with Crippen LogP contribution >= 0.6 is 15.9 Å². The third kappa shape index (κ3) is 4.83. The van der Waals surface area contributed by atoms with E-state index in [1.54, 1.807) is 0 Å². The minimum atomic E-state index is -0.115. The highest BCUT2D eigenvalue weighted by atomic mass is 79.9. The van der Waals surface area contributed by atoms with E-state index in [1.165, 1.54) is 5.56 Å². The predicted molar refractivity (Wildman–Crippen MR) is 89.4 cm³/mol. The van der Waals surface area contributed by atoms with Crippen LogP contribution in [0.1, 0.15) is 23.6 Å². The van der Waals surface area contributed by atoms with Crippen molar-refractivity contribution >= 4 is 27.5 Å². The van der Waals surface area contributed by atoms with E-state index in [9.17, 15) is 4.79 Å². The summed E-state index contributed by atoms with van der Waals surface area (Å²) < 4.78 is 1.02. The number of carbonyl (C=O) groups is 1. The van der Waals surface area contributed by atoms with E-state index < -0.39 is 0 Å². The maximum atomic E-state index is 11.9. The number of benzene rings is 2. The van der Waals surface area contributed by atoms with Gasteiger partial charge >= 0.3 is 0 Å². The molecule has 1 amide bonds. The van der Waals surface area contributed by atoms with Gasteiger partial charge in [0.25, 0.3) is 0 Å². The Morgan fingerprint density at radius 2 is 1.71 bits per heavy atom. The van der Waals surface area contributed by atoms with Crippen LogP contribution in [0.5, 0.6) is 0 Å². The number of halogens is 1. The van der Waals surface area contributed by atoms with Crippen molar-refractivity contribution in [1.29, 1.82) is 0 Å². The van der Waals surface area contributed by atoms with E-state index in [0.29, 0.717) is 6.42 Å². The van der Waals surface area contributed by atoms with Gasteiger partial charge in [0.15, 0.2) is 0 Å². The molecule has 0 bridgehead atoms. The van der Waals surface area contributed by atoms with Crippen LogP contribution < -0.4 is 5.43 Å². The Morgan fingerprint density at radius 1 is 1.10 bits per heavy atom. The van der Waals surface area contributed by atoms with E-state index in [1.807, 2.05) is 62.4 Å². The van der Waals surface area contributed by atoms with E-state index in [-0.39, 0.29) is 5.91 Å². The van der Waals surface area contributed by atoms with Gasteiger partial charge in [0.2, 0.25) is 5.91 Å². The van der Waals surface area contributed by atoms with Crippen molar-refractivity contribution in [3.8, 4) is 0 Å². The number of nitrogens with one attached hydrogen (secondary N) is 1. The molecule has 0 heterocycles. The van der Waals surface area contributed by atoms with Crippen LogP contribution in [0.15, 0.2) is 58.1 Å². The molecule has 3 nitrogen and oxygen atoms in total. The molecular formula is C17H17BrN2O. The lowest BCUT2D eigenvalue weighted by atomic mass is 10.1. The number of amides is 1. The third-order valence-corrected chi connectivity index (χ3v) is 3.62. The maximum absolute atomic E-state index is 11.9. The normalized spacial score (nSPS) is 11.3. The Balaban J connectivity index is 1.94. The lowest BCUT2D eigenvalue weighted by Crippen LogP contribution is -2.21. The first-order valence-corrected chi connectivity index (χ1v) is 7.48. The molecule has 108 valence electrons. The lowest BCUT2D eigenvalue weighted by molar-refractivity contribution is -0.120. The molecule has 0 aliphatic carbocycles. The largest absolute Gasteiger partial charge is 0.273 e. The topological polar surface area (TPSA) is 41.5 Å². The fourth-order valence-electron chi connectivity index (χ4n) is 1.83. The van der Waals surface area contributed by atoms with Gasteiger partial charge in [-0.25, -0.2) is 5.43 Å². The smallest absolute Gasteiger partial charge is 0.244 e. The Labute approximate surface area is 133 Å². The summed E-state index contributed by atoms with van der Waals surface area (Å²) in [6.45, 7) is 3.89. The van der Waals surface area contributed by atoms with Crippen molar-refractivity contribution in [2.24, 2.45) is 5.10 Å². The molecule has 0 aliphatic heterocycles. The molecule has 0 fully saturated rings. The van der Waals surface area contributed by atoms with Gasteiger partial charge in [0.1, 0.15) is 0 Å². The first kappa shape index (κ1) is 15.4. The number of hydrazone groups is 1. The quantitative estimate of drug-likeness (QED) is 0.664. The number of aryl methyl sites for hydroxylation is 1. The van der Waals surface area contributed by atoms with Crippen molar-refractivity contribution in [3.05, 3.63) is 69.7 Å². The number of nitrogens with zero attached hydrogens (tertiary/aromatic N) is 1. The number of hydrogen-bond acceptors (Lipinski definition) is 2. The van der Waals surface area contributed by atoms with Gasteiger partial charge in [-0.2, -0.15) is 5.10 Å². The molecule has 0 atom stereocenters. The molecule has 0 unspecified atom stereocenters. The Kier molecular flexibility index (Phi) is 5.28. The molecule has 0 saturated carbocycles. The summed E-state index contributed by atoms with van der Waals surface area (Å²) in [6, 6.07) is 15.7. The first-order valence-electron chi connectivity index (χ1n) is 6.69. The molecule has 0 radical (unpaired) electrons. The lowest BCUT2D eigenvalue weighted by Gasteiger charge is -2.04. The van der Waals surface area contributed by atoms with E-state index in [2.05, 4.69) is 26.5 Å². The molecule has 0 aromatic heterocycles. The third-order valence-electron chi connectivity index (χ3n) is 3.10.